The van der Waals surface area contributed by atoms with Gasteiger partial charge < -0.3 is 16.0 Å². The van der Waals surface area contributed by atoms with Crippen LogP contribution in [0.5, 0.6) is 0 Å². The van der Waals surface area contributed by atoms with E-state index in [0.717, 1.165) is 36.5 Å². The topological polar surface area (TPSA) is 88.3 Å². The van der Waals surface area contributed by atoms with Gasteiger partial charge in [0.05, 0.1) is 11.5 Å². The van der Waals surface area contributed by atoms with E-state index in [0.29, 0.717) is 12.1 Å². The second-order valence-electron chi connectivity index (χ2n) is 6.41. The summed E-state index contributed by atoms with van der Waals surface area (Å²) >= 11 is 0. The van der Waals surface area contributed by atoms with Crippen LogP contribution in [0.2, 0.25) is 0 Å². The number of piperidine rings is 1. The maximum absolute atomic E-state index is 12.3. The van der Waals surface area contributed by atoms with Crippen molar-refractivity contribution < 1.29 is 9.59 Å². The minimum absolute atomic E-state index is 0.139. The average molecular weight is 338 g/mol. The SMILES string of the molecule is Cc1ccc(NC(=O)c2ccc(N3CCC[C@H](C(N)=O)C3)nc2)cc1. The van der Waals surface area contributed by atoms with Crippen molar-refractivity contribution in [2.24, 2.45) is 11.7 Å². The number of carbonyl (C=O) groups is 2. The summed E-state index contributed by atoms with van der Waals surface area (Å²) in [6.45, 7) is 3.42. The molecule has 1 aliphatic rings. The lowest BCUT2D eigenvalue weighted by atomic mass is 9.97. The highest BCUT2D eigenvalue weighted by Gasteiger charge is 2.24. The summed E-state index contributed by atoms with van der Waals surface area (Å²) in [7, 11) is 0. The predicted molar refractivity (Wildman–Crippen MR) is 97.5 cm³/mol. The van der Waals surface area contributed by atoms with Crippen molar-refractivity contribution in [1.29, 1.82) is 0 Å². The molecule has 0 spiro atoms. The second kappa shape index (κ2) is 7.34. The van der Waals surface area contributed by atoms with Crippen molar-refractivity contribution in [3.05, 3.63) is 53.7 Å². The lowest BCUT2D eigenvalue weighted by Gasteiger charge is -2.32. The molecule has 1 aromatic heterocycles. The van der Waals surface area contributed by atoms with Gasteiger partial charge in [0, 0.05) is 25.0 Å². The van der Waals surface area contributed by atoms with Gasteiger partial charge in [0.25, 0.3) is 5.91 Å². The Morgan fingerprint density at radius 1 is 1.20 bits per heavy atom. The monoisotopic (exact) mass is 338 g/mol. The second-order valence-corrected chi connectivity index (χ2v) is 6.41. The predicted octanol–water partition coefficient (Wildman–Crippen LogP) is 2.34. The first kappa shape index (κ1) is 17.0. The highest BCUT2D eigenvalue weighted by molar-refractivity contribution is 6.04. The Morgan fingerprint density at radius 3 is 2.60 bits per heavy atom. The van der Waals surface area contributed by atoms with E-state index < -0.39 is 0 Å². The molecule has 0 aliphatic carbocycles. The first-order chi connectivity index (χ1) is 12.0. The van der Waals surface area contributed by atoms with E-state index in [1.165, 1.54) is 0 Å². The molecule has 3 N–H and O–H groups in total. The zero-order valence-corrected chi connectivity index (χ0v) is 14.2. The number of aryl methyl sites for hydroxylation is 1. The highest BCUT2D eigenvalue weighted by atomic mass is 16.2. The van der Waals surface area contributed by atoms with Gasteiger partial charge in [0.1, 0.15) is 5.82 Å². The Hall–Kier alpha value is -2.89. The molecular weight excluding hydrogens is 316 g/mol. The third-order valence-corrected chi connectivity index (χ3v) is 4.47. The number of pyridine rings is 1. The van der Waals surface area contributed by atoms with Crippen molar-refractivity contribution in [2.45, 2.75) is 19.8 Å². The van der Waals surface area contributed by atoms with Gasteiger partial charge in [-0.3, -0.25) is 9.59 Å². The third kappa shape index (κ3) is 4.15. The number of nitrogens with one attached hydrogen (secondary N) is 1. The van der Waals surface area contributed by atoms with E-state index in [9.17, 15) is 9.59 Å². The molecule has 1 saturated heterocycles. The number of hydrogen-bond acceptors (Lipinski definition) is 4. The lowest BCUT2D eigenvalue weighted by Crippen LogP contribution is -2.41. The summed E-state index contributed by atoms with van der Waals surface area (Å²) in [5, 5.41) is 2.85. The molecule has 2 amide bonds. The lowest BCUT2D eigenvalue weighted by molar-refractivity contribution is -0.122. The van der Waals surface area contributed by atoms with E-state index >= 15 is 0 Å². The van der Waals surface area contributed by atoms with Crippen LogP contribution >= 0.6 is 0 Å². The van der Waals surface area contributed by atoms with Crippen molar-refractivity contribution in [3.63, 3.8) is 0 Å². The van der Waals surface area contributed by atoms with Gasteiger partial charge in [-0.15, -0.1) is 0 Å². The molecule has 1 atom stereocenters. The molecule has 6 nitrogen and oxygen atoms in total. The molecule has 0 bridgehead atoms. The molecule has 25 heavy (non-hydrogen) atoms. The number of anilines is 2. The van der Waals surface area contributed by atoms with Gasteiger partial charge in [-0.25, -0.2) is 4.98 Å². The number of carbonyl (C=O) groups excluding carboxylic acids is 2. The van der Waals surface area contributed by atoms with Crippen LogP contribution in [-0.2, 0) is 4.79 Å². The first-order valence-corrected chi connectivity index (χ1v) is 8.41. The van der Waals surface area contributed by atoms with E-state index in [1.54, 1.807) is 12.3 Å². The molecule has 1 aliphatic heterocycles. The Morgan fingerprint density at radius 2 is 1.96 bits per heavy atom. The number of nitrogens with two attached hydrogens (primary N) is 1. The standard InChI is InChI=1S/C19H22N4O2/c1-13-4-7-16(8-5-13)22-19(25)14-6-9-17(21-11-14)23-10-2-3-15(12-23)18(20)24/h4-9,11,15H,2-3,10,12H2,1H3,(H2,20,24)(H,22,25)/t15-/m0/s1. The molecule has 1 aromatic carbocycles. The Labute approximate surface area is 147 Å². The van der Waals surface area contributed by atoms with E-state index in [1.807, 2.05) is 42.2 Å². The number of hydrogen-bond donors (Lipinski definition) is 2. The molecule has 0 saturated carbocycles. The fraction of sp³-hybridized carbons (Fsp3) is 0.316. The molecule has 0 unspecified atom stereocenters. The highest BCUT2D eigenvalue weighted by Crippen LogP contribution is 2.21. The summed E-state index contributed by atoms with van der Waals surface area (Å²) in [6.07, 6.45) is 3.29. The van der Waals surface area contributed by atoms with Crippen molar-refractivity contribution in [3.8, 4) is 0 Å². The van der Waals surface area contributed by atoms with E-state index in [4.69, 9.17) is 5.73 Å². The van der Waals surface area contributed by atoms with Gasteiger partial charge in [0.15, 0.2) is 0 Å². The Balaban J connectivity index is 1.66. The van der Waals surface area contributed by atoms with Crippen LogP contribution in [0.1, 0.15) is 28.8 Å². The molecule has 2 aromatic rings. The minimum Gasteiger partial charge on any atom is -0.369 e. The minimum atomic E-state index is -0.265. The van der Waals surface area contributed by atoms with Crippen molar-refractivity contribution in [1.82, 2.24) is 4.98 Å². The molecule has 1 fully saturated rings. The zero-order valence-electron chi connectivity index (χ0n) is 14.2. The largest absolute Gasteiger partial charge is 0.369 e. The number of benzene rings is 1. The zero-order chi connectivity index (χ0) is 17.8. The average Bonchev–Trinajstić information content (AvgIpc) is 2.64. The van der Waals surface area contributed by atoms with Crippen LogP contribution in [0.3, 0.4) is 0 Å². The van der Waals surface area contributed by atoms with Gasteiger partial charge >= 0.3 is 0 Å². The molecular formula is C19H22N4O2. The quantitative estimate of drug-likeness (QED) is 0.895. The molecule has 0 radical (unpaired) electrons. The van der Waals surface area contributed by atoms with Gasteiger partial charge in [-0.05, 0) is 44.0 Å². The summed E-state index contributed by atoms with van der Waals surface area (Å²) in [4.78, 5) is 30.1. The van der Waals surface area contributed by atoms with Gasteiger partial charge in [-0.1, -0.05) is 17.7 Å². The summed E-state index contributed by atoms with van der Waals surface area (Å²) in [5.74, 6) is 0.160. The third-order valence-electron chi connectivity index (χ3n) is 4.47. The molecule has 6 heteroatoms. The fourth-order valence-corrected chi connectivity index (χ4v) is 2.97. The normalized spacial score (nSPS) is 17.2. The van der Waals surface area contributed by atoms with Crippen LogP contribution < -0.4 is 16.0 Å². The summed E-state index contributed by atoms with van der Waals surface area (Å²) in [6, 6.07) is 11.2. The number of primary amides is 1. The van der Waals surface area contributed by atoms with Gasteiger partial charge in [-0.2, -0.15) is 0 Å². The summed E-state index contributed by atoms with van der Waals surface area (Å²) in [5.41, 5.74) is 7.80. The Kier molecular flexibility index (Phi) is 4.97. The van der Waals surface area contributed by atoms with Crippen LogP contribution in [0.25, 0.3) is 0 Å². The van der Waals surface area contributed by atoms with Crippen LogP contribution in [0.15, 0.2) is 42.6 Å². The number of amides is 2. The Bertz CT molecular complexity index is 756. The maximum Gasteiger partial charge on any atom is 0.257 e. The summed E-state index contributed by atoms with van der Waals surface area (Å²) < 4.78 is 0. The first-order valence-electron chi connectivity index (χ1n) is 8.41. The smallest absolute Gasteiger partial charge is 0.257 e. The fourth-order valence-electron chi connectivity index (χ4n) is 2.97. The van der Waals surface area contributed by atoms with E-state index in [2.05, 4.69) is 10.3 Å². The van der Waals surface area contributed by atoms with Crippen molar-refractivity contribution >= 4 is 23.3 Å². The molecule has 130 valence electrons. The maximum atomic E-state index is 12.3. The van der Waals surface area contributed by atoms with Crippen molar-refractivity contribution in [2.75, 3.05) is 23.3 Å². The number of nitrogens with zero attached hydrogens (tertiary/aromatic N) is 2. The number of aromatic nitrogens is 1. The molecule has 2 heterocycles. The van der Waals surface area contributed by atoms with Gasteiger partial charge in [0.2, 0.25) is 5.91 Å². The molecule has 3 rings (SSSR count). The van der Waals surface area contributed by atoms with E-state index in [-0.39, 0.29) is 17.7 Å². The number of rotatable bonds is 4. The van der Waals surface area contributed by atoms with Crippen LogP contribution in [-0.4, -0.2) is 29.9 Å². The van der Waals surface area contributed by atoms with Crippen LogP contribution in [0.4, 0.5) is 11.5 Å². The van der Waals surface area contributed by atoms with Crippen LogP contribution in [0, 0.1) is 12.8 Å².